The minimum absolute atomic E-state index is 0.494. The fourth-order valence-electron chi connectivity index (χ4n) is 1.29. The third-order valence-corrected chi connectivity index (χ3v) is 1.87. The van der Waals surface area contributed by atoms with E-state index in [1.165, 1.54) is 0 Å². The summed E-state index contributed by atoms with van der Waals surface area (Å²) in [6.07, 6.45) is 0. The molecule has 0 spiro atoms. The van der Waals surface area contributed by atoms with Crippen molar-refractivity contribution in [3.63, 3.8) is 0 Å². The minimum atomic E-state index is 0.494. The zero-order valence-electron chi connectivity index (χ0n) is 8.78. The van der Waals surface area contributed by atoms with Crippen LogP contribution in [0.3, 0.4) is 0 Å². The lowest BCUT2D eigenvalue weighted by molar-refractivity contribution is 0.316. The van der Waals surface area contributed by atoms with Crippen LogP contribution in [0.4, 0.5) is 0 Å². The molecule has 0 aliphatic heterocycles. The van der Waals surface area contributed by atoms with Crippen LogP contribution in [0.15, 0.2) is 12.1 Å². The van der Waals surface area contributed by atoms with Crippen LogP contribution in [-0.4, -0.2) is 28.2 Å². The third kappa shape index (κ3) is 2.01. The first-order chi connectivity index (χ1) is 7.33. The normalized spacial score (nSPS) is 10.5. The molecule has 0 aliphatic rings. The molecule has 0 saturated carbocycles. The van der Waals surface area contributed by atoms with Gasteiger partial charge in [0.2, 0.25) is 5.88 Å². The smallest absolute Gasteiger partial charge is 0.296 e. The Morgan fingerprint density at radius 2 is 1.93 bits per heavy atom. The second kappa shape index (κ2) is 4.16. The van der Waals surface area contributed by atoms with E-state index in [0.717, 1.165) is 5.52 Å². The number of aromatic amines is 1. The number of aromatic nitrogens is 3. The molecule has 0 fully saturated rings. The maximum Gasteiger partial charge on any atom is 0.296 e. The van der Waals surface area contributed by atoms with Gasteiger partial charge in [-0.2, -0.15) is 9.97 Å². The van der Waals surface area contributed by atoms with E-state index in [4.69, 9.17) is 9.47 Å². The highest BCUT2D eigenvalue weighted by atomic mass is 16.5. The molecule has 5 heteroatoms. The average Bonchev–Trinajstić information content (AvgIpc) is 2.60. The van der Waals surface area contributed by atoms with Crippen molar-refractivity contribution in [1.82, 2.24) is 15.0 Å². The molecule has 0 bridgehead atoms. The molecule has 0 unspecified atom stereocenters. The van der Waals surface area contributed by atoms with Crippen LogP contribution < -0.4 is 9.47 Å². The van der Waals surface area contributed by atoms with E-state index in [1.54, 1.807) is 6.07 Å². The Morgan fingerprint density at radius 1 is 1.13 bits per heavy atom. The summed E-state index contributed by atoms with van der Waals surface area (Å²) < 4.78 is 10.5. The van der Waals surface area contributed by atoms with Gasteiger partial charge in [0, 0.05) is 6.07 Å². The standard InChI is InChI=1S/C10H13N3O2/c1-3-14-8-6-5-7-9(12-8)13-10(11-7)15-4-2/h5-6H,3-4H2,1-2H3,(H,11,12,13). The predicted molar refractivity (Wildman–Crippen MR) is 56.2 cm³/mol. The Kier molecular flexibility index (Phi) is 2.71. The number of nitrogens with zero attached hydrogens (tertiary/aromatic N) is 2. The quantitative estimate of drug-likeness (QED) is 0.829. The molecule has 0 aliphatic carbocycles. The molecular weight excluding hydrogens is 194 g/mol. The maximum absolute atomic E-state index is 5.28. The average molecular weight is 207 g/mol. The lowest BCUT2D eigenvalue weighted by Crippen LogP contribution is -1.94. The fraction of sp³-hybridized carbons (Fsp3) is 0.400. The summed E-state index contributed by atoms with van der Waals surface area (Å²) in [6, 6.07) is 4.18. The largest absolute Gasteiger partial charge is 0.478 e. The van der Waals surface area contributed by atoms with Crippen molar-refractivity contribution < 1.29 is 9.47 Å². The molecule has 2 rings (SSSR count). The van der Waals surface area contributed by atoms with Gasteiger partial charge in [0.1, 0.15) is 0 Å². The summed E-state index contributed by atoms with van der Waals surface area (Å²) >= 11 is 0. The summed E-state index contributed by atoms with van der Waals surface area (Å²) in [7, 11) is 0. The van der Waals surface area contributed by atoms with E-state index in [1.807, 2.05) is 19.9 Å². The van der Waals surface area contributed by atoms with Gasteiger partial charge >= 0.3 is 0 Å². The van der Waals surface area contributed by atoms with Gasteiger partial charge in [-0.25, -0.2) is 0 Å². The highest BCUT2D eigenvalue weighted by molar-refractivity contribution is 5.71. The van der Waals surface area contributed by atoms with E-state index >= 15 is 0 Å². The zero-order chi connectivity index (χ0) is 10.7. The van der Waals surface area contributed by atoms with Crippen LogP contribution in [0.5, 0.6) is 11.9 Å². The van der Waals surface area contributed by atoms with E-state index in [2.05, 4.69) is 15.0 Å². The lowest BCUT2D eigenvalue weighted by atomic mass is 10.4. The first-order valence-electron chi connectivity index (χ1n) is 4.95. The van der Waals surface area contributed by atoms with Crippen molar-refractivity contribution in [2.45, 2.75) is 13.8 Å². The number of pyridine rings is 1. The molecule has 80 valence electrons. The second-order valence-electron chi connectivity index (χ2n) is 2.93. The highest BCUT2D eigenvalue weighted by Crippen LogP contribution is 2.17. The molecule has 5 nitrogen and oxygen atoms in total. The number of fused-ring (bicyclic) bond motifs is 1. The minimum Gasteiger partial charge on any atom is -0.478 e. The van der Waals surface area contributed by atoms with Gasteiger partial charge in [0.25, 0.3) is 6.01 Å². The van der Waals surface area contributed by atoms with Crippen LogP contribution in [-0.2, 0) is 0 Å². The van der Waals surface area contributed by atoms with Gasteiger partial charge in [-0.3, -0.25) is 0 Å². The summed E-state index contributed by atoms with van der Waals surface area (Å²) in [5, 5.41) is 0. The van der Waals surface area contributed by atoms with E-state index in [9.17, 15) is 0 Å². The second-order valence-corrected chi connectivity index (χ2v) is 2.93. The van der Waals surface area contributed by atoms with Crippen LogP contribution in [0.25, 0.3) is 11.2 Å². The fourth-order valence-corrected chi connectivity index (χ4v) is 1.29. The van der Waals surface area contributed by atoms with Gasteiger partial charge in [-0.1, -0.05) is 0 Å². The van der Waals surface area contributed by atoms with Crippen molar-refractivity contribution in [2.75, 3.05) is 13.2 Å². The van der Waals surface area contributed by atoms with E-state index < -0.39 is 0 Å². The molecule has 0 amide bonds. The lowest BCUT2D eigenvalue weighted by Gasteiger charge is -1.99. The Balaban J connectivity index is 2.34. The van der Waals surface area contributed by atoms with Crippen molar-refractivity contribution >= 4 is 11.2 Å². The summed E-state index contributed by atoms with van der Waals surface area (Å²) in [4.78, 5) is 11.4. The molecule has 2 aromatic rings. The van der Waals surface area contributed by atoms with Crippen LogP contribution in [0.1, 0.15) is 13.8 Å². The van der Waals surface area contributed by atoms with Gasteiger partial charge in [0.05, 0.1) is 18.7 Å². The van der Waals surface area contributed by atoms with Crippen molar-refractivity contribution in [1.29, 1.82) is 0 Å². The molecule has 0 radical (unpaired) electrons. The first kappa shape index (κ1) is 9.76. The molecule has 2 heterocycles. The molecule has 2 aromatic heterocycles. The molecule has 0 aromatic carbocycles. The molecule has 15 heavy (non-hydrogen) atoms. The van der Waals surface area contributed by atoms with E-state index in [0.29, 0.717) is 30.8 Å². The predicted octanol–water partition coefficient (Wildman–Crippen LogP) is 1.76. The number of imidazole rings is 1. The van der Waals surface area contributed by atoms with Crippen molar-refractivity contribution in [3.05, 3.63) is 12.1 Å². The number of H-pyrrole nitrogens is 1. The molecule has 1 N–H and O–H groups in total. The number of ether oxygens (including phenoxy) is 2. The molecule has 0 atom stereocenters. The summed E-state index contributed by atoms with van der Waals surface area (Å²) in [5.41, 5.74) is 1.46. The third-order valence-electron chi connectivity index (χ3n) is 1.87. The SMILES string of the molecule is CCOc1ccc2[nH]c(OCC)nc2n1. The molecular formula is C10H13N3O2. The number of nitrogens with one attached hydrogen (secondary N) is 1. The van der Waals surface area contributed by atoms with Gasteiger partial charge < -0.3 is 14.5 Å². The van der Waals surface area contributed by atoms with Gasteiger partial charge in [-0.05, 0) is 19.9 Å². The zero-order valence-corrected chi connectivity index (χ0v) is 8.78. The Hall–Kier alpha value is -1.78. The summed E-state index contributed by atoms with van der Waals surface area (Å²) in [5.74, 6) is 0.583. The van der Waals surface area contributed by atoms with E-state index in [-0.39, 0.29) is 0 Å². The van der Waals surface area contributed by atoms with Crippen LogP contribution in [0.2, 0.25) is 0 Å². The molecule has 0 saturated heterocycles. The Labute approximate surface area is 87.4 Å². The maximum atomic E-state index is 5.28. The van der Waals surface area contributed by atoms with Crippen molar-refractivity contribution in [2.24, 2.45) is 0 Å². The number of hydrogen-bond acceptors (Lipinski definition) is 4. The van der Waals surface area contributed by atoms with Gasteiger partial charge in [0.15, 0.2) is 5.65 Å². The summed E-state index contributed by atoms with van der Waals surface area (Å²) in [6.45, 7) is 5.01. The highest BCUT2D eigenvalue weighted by Gasteiger charge is 2.05. The van der Waals surface area contributed by atoms with Crippen LogP contribution >= 0.6 is 0 Å². The number of hydrogen-bond donors (Lipinski definition) is 1. The Morgan fingerprint density at radius 3 is 2.67 bits per heavy atom. The monoisotopic (exact) mass is 207 g/mol. The number of rotatable bonds is 4. The van der Waals surface area contributed by atoms with Crippen molar-refractivity contribution in [3.8, 4) is 11.9 Å². The topological polar surface area (TPSA) is 60.0 Å². The van der Waals surface area contributed by atoms with Gasteiger partial charge in [-0.15, -0.1) is 0 Å². The van der Waals surface area contributed by atoms with Crippen LogP contribution in [0, 0.1) is 0 Å². The first-order valence-corrected chi connectivity index (χ1v) is 4.95. The Bertz CT molecular complexity index is 449.